The molecule has 0 aliphatic heterocycles. The molecule has 7 heteroatoms. The zero-order chi connectivity index (χ0) is 13.5. The van der Waals surface area contributed by atoms with Gasteiger partial charge in [-0.1, -0.05) is 39.1 Å². The second kappa shape index (κ2) is 7.47. The molecule has 96 valence electrons. The molecule has 0 bridgehead atoms. The Morgan fingerprint density at radius 1 is 1.39 bits per heavy atom. The fourth-order valence-corrected chi connectivity index (χ4v) is 2.54. The Hall–Kier alpha value is -0.960. The Labute approximate surface area is 123 Å². The summed E-state index contributed by atoms with van der Waals surface area (Å²) in [7, 11) is 0. The highest BCUT2D eigenvalue weighted by atomic mass is 79.9. The van der Waals surface area contributed by atoms with Crippen LogP contribution in [0.1, 0.15) is 6.42 Å². The van der Waals surface area contributed by atoms with E-state index in [4.69, 9.17) is 28.5 Å². The van der Waals surface area contributed by atoms with Gasteiger partial charge in [-0.3, -0.25) is 4.79 Å². The SMILES string of the molecule is N#CCCNC(=O)CNc1c(Cl)cc(Br)cc1Cl. The van der Waals surface area contributed by atoms with Crippen molar-refractivity contribution in [3.05, 3.63) is 26.7 Å². The van der Waals surface area contributed by atoms with Crippen LogP contribution in [0.2, 0.25) is 10.0 Å². The zero-order valence-electron chi connectivity index (χ0n) is 9.27. The maximum atomic E-state index is 11.4. The first kappa shape index (κ1) is 15.1. The van der Waals surface area contributed by atoms with Crippen molar-refractivity contribution in [2.45, 2.75) is 6.42 Å². The number of halogens is 3. The lowest BCUT2D eigenvalue weighted by atomic mass is 10.3. The molecule has 0 saturated carbocycles. The number of benzene rings is 1. The Balaban J connectivity index is 2.54. The number of hydrogen-bond donors (Lipinski definition) is 2. The molecule has 1 aromatic carbocycles. The number of carbonyl (C=O) groups excluding carboxylic acids is 1. The highest BCUT2D eigenvalue weighted by Crippen LogP contribution is 2.33. The van der Waals surface area contributed by atoms with Crippen molar-refractivity contribution < 1.29 is 4.79 Å². The number of anilines is 1. The molecular formula is C11H10BrCl2N3O. The van der Waals surface area contributed by atoms with Crippen molar-refractivity contribution in [1.29, 1.82) is 5.26 Å². The summed E-state index contributed by atoms with van der Waals surface area (Å²) in [6.07, 6.45) is 0.283. The largest absolute Gasteiger partial charge is 0.374 e. The smallest absolute Gasteiger partial charge is 0.239 e. The number of nitriles is 1. The Morgan fingerprint density at radius 3 is 2.56 bits per heavy atom. The summed E-state index contributed by atoms with van der Waals surface area (Å²) in [6.45, 7) is 0.380. The van der Waals surface area contributed by atoms with Gasteiger partial charge in [0.05, 0.1) is 34.8 Å². The molecule has 18 heavy (non-hydrogen) atoms. The number of carbonyl (C=O) groups is 1. The molecule has 0 unspecified atom stereocenters. The molecule has 1 rings (SSSR count). The molecule has 1 aromatic rings. The highest BCUT2D eigenvalue weighted by molar-refractivity contribution is 9.10. The average Bonchev–Trinajstić information content (AvgIpc) is 2.27. The van der Waals surface area contributed by atoms with Crippen molar-refractivity contribution in [1.82, 2.24) is 5.32 Å². The third-order valence-electron chi connectivity index (χ3n) is 1.99. The van der Waals surface area contributed by atoms with Crippen molar-refractivity contribution >= 4 is 50.7 Å². The molecule has 2 N–H and O–H groups in total. The lowest BCUT2D eigenvalue weighted by molar-refractivity contribution is -0.119. The van der Waals surface area contributed by atoms with Gasteiger partial charge in [0, 0.05) is 11.0 Å². The Kier molecular flexibility index (Phi) is 6.27. The summed E-state index contributed by atoms with van der Waals surface area (Å²) >= 11 is 15.2. The van der Waals surface area contributed by atoms with Gasteiger partial charge in [-0.15, -0.1) is 0 Å². The van der Waals surface area contributed by atoms with Crippen LogP contribution in [-0.2, 0) is 4.79 Å². The van der Waals surface area contributed by atoms with E-state index in [0.29, 0.717) is 22.3 Å². The Morgan fingerprint density at radius 2 is 2.00 bits per heavy atom. The van der Waals surface area contributed by atoms with E-state index in [-0.39, 0.29) is 18.9 Å². The van der Waals surface area contributed by atoms with Gasteiger partial charge in [-0.25, -0.2) is 0 Å². The van der Waals surface area contributed by atoms with E-state index in [1.807, 2.05) is 6.07 Å². The van der Waals surface area contributed by atoms with Crippen LogP contribution in [0.3, 0.4) is 0 Å². The van der Waals surface area contributed by atoms with Crippen molar-refractivity contribution in [2.24, 2.45) is 0 Å². The predicted molar refractivity (Wildman–Crippen MR) is 75.9 cm³/mol. The van der Waals surface area contributed by atoms with E-state index in [9.17, 15) is 4.79 Å². The average molecular weight is 351 g/mol. The molecule has 0 aromatic heterocycles. The molecule has 0 spiro atoms. The third kappa shape index (κ3) is 4.73. The van der Waals surface area contributed by atoms with Gasteiger partial charge in [0.15, 0.2) is 0 Å². The van der Waals surface area contributed by atoms with Gasteiger partial charge < -0.3 is 10.6 Å². The van der Waals surface area contributed by atoms with Gasteiger partial charge in [0.1, 0.15) is 0 Å². The topological polar surface area (TPSA) is 64.9 Å². The van der Waals surface area contributed by atoms with E-state index in [2.05, 4.69) is 26.6 Å². The summed E-state index contributed by atoms with van der Waals surface area (Å²) in [5, 5.41) is 14.6. The summed E-state index contributed by atoms with van der Waals surface area (Å²) in [5.41, 5.74) is 0.511. The summed E-state index contributed by atoms with van der Waals surface area (Å²) in [6, 6.07) is 5.31. The minimum atomic E-state index is -0.222. The first-order valence-corrected chi connectivity index (χ1v) is 6.61. The van der Waals surface area contributed by atoms with Crippen LogP contribution < -0.4 is 10.6 Å². The van der Waals surface area contributed by atoms with Crippen molar-refractivity contribution in [2.75, 3.05) is 18.4 Å². The van der Waals surface area contributed by atoms with Gasteiger partial charge in [0.2, 0.25) is 5.91 Å². The molecule has 0 aliphatic carbocycles. The van der Waals surface area contributed by atoms with Gasteiger partial charge in [-0.05, 0) is 12.1 Å². The van der Waals surface area contributed by atoms with E-state index in [1.54, 1.807) is 12.1 Å². The zero-order valence-corrected chi connectivity index (χ0v) is 12.4. The molecule has 4 nitrogen and oxygen atoms in total. The normalized spacial score (nSPS) is 9.67. The summed E-state index contributed by atoms with van der Waals surface area (Å²) in [4.78, 5) is 11.4. The van der Waals surface area contributed by atoms with Crippen LogP contribution in [0.25, 0.3) is 0 Å². The molecule has 0 radical (unpaired) electrons. The van der Waals surface area contributed by atoms with Gasteiger partial charge in [-0.2, -0.15) is 5.26 Å². The lowest BCUT2D eigenvalue weighted by Crippen LogP contribution is -2.30. The van der Waals surface area contributed by atoms with Gasteiger partial charge >= 0.3 is 0 Å². The van der Waals surface area contributed by atoms with E-state index in [1.165, 1.54) is 0 Å². The number of rotatable bonds is 5. The molecule has 0 saturated heterocycles. The van der Waals surface area contributed by atoms with Gasteiger partial charge in [0.25, 0.3) is 0 Å². The monoisotopic (exact) mass is 349 g/mol. The van der Waals surface area contributed by atoms with E-state index >= 15 is 0 Å². The number of hydrogen-bond acceptors (Lipinski definition) is 3. The van der Waals surface area contributed by atoms with Crippen LogP contribution in [-0.4, -0.2) is 19.0 Å². The first-order valence-electron chi connectivity index (χ1n) is 5.06. The van der Waals surface area contributed by atoms with E-state index in [0.717, 1.165) is 4.47 Å². The molecular weight excluding hydrogens is 341 g/mol. The Bertz CT molecular complexity index is 465. The third-order valence-corrected chi connectivity index (χ3v) is 3.05. The second-order valence-electron chi connectivity index (χ2n) is 3.36. The second-order valence-corrected chi connectivity index (χ2v) is 5.09. The number of amides is 1. The first-order chi connectivity index (χ1) is 8.54. The molecule has 0 atom stereocenters. The fourth-order valence-electron chi connectivity index (χ4n) is 1.20. The minimum Gasteiger partial charge on any atom is -0.374 e. The van der Waals surface area contributed by atoms with Crippen molar-refractivity contribution in [3.63, 3.8) is 0 Å². The van der Waals surface area contributed by atoms with Crippen LogP contribution in [0.4, 0.5) is 5.69 Å². The van der Waals surface area contributed by atoms with Crippen LogP contribution >= 0.6 is 39.1 Å². The van der Waals surface area contributed by atoms with Crippen LogP contribution in [0.5, 0.6) is 0 Å². The highest BCUT2D eigenvalue weighted by Gasteiger charge is 2.08. The summed E-state index contributed by atoms with van der Waals surface area (Å²) < 4.78 is 0.765. The molecule has 1 amide bonds. The van der Waals surface area contributed by atoms with Crippen LogP contribution in [0, 0.1) is 11.3 Å². The number of nitrogens with zero attached hydrogens (tertiary/aromatic N) is 1. The fraction of sp³-hybridized carbons (Fsp3) is 0.273. The minimum absolute atomic E-state index is 0.0481. The van der Waals surface area contributed by atoms with Crippen molar-refractivity contribution in [3.8, 4) is 6.07 Å². The quantitative estimate of drug-likeness (QED) is 0.801. The maximum Gasteiger partial charge on any atom is 0.239 e. The van der Waals surface area contributed by atoms with E-state index < -0.39 is 0 Å². The summed E-state index contributed by atoms with van der Waals surface area (Å²) in [5.74, 6) is -0.222. The maximum absolute atomic E-state index is 11.4. The van der Waals surface area contributed by atoms with Crippen LogP contribution in [0.15, 0.2) is 16.6 Å². The molecule has 0 fully saturated rings. The predicted octanol–water partition coefficient (Wildman–Crippen LogP) is 3.20. The standard InChI is InChI=1S/C11H10BrCl2N3O/c12-7-4-8(13)11(9(14)5-7)17-6-10(18)16-3-1-2-15/h4-5,17H,1,3,6H2,(H,16,18). The lowest BCUT2D eigenvalue weighted by Gasteiger charge is -2.10. The molecule has 0 heterocycles. The number of nitrogens with one attached hydrogen (secondary N) is 2. The molecule has 0 aliphatic rings.